The first-order valence-electron chi connectivity index (χ1n) is 10.3. The van der Waals surface area contributed by atoms with E-state index in [2.05, 4.69) is 40.1 Å². The summed E-state index contributed by atoms with van der Waals surface area (Å²) in [5.41, 5.74) is 1.61. The van der Waals surface area contributed by atoms with Crippen molar-refractivity contribution in [3.8, 4) is 0 Å². The molecule has 1 N–H and O–H groups in total. The molecule has 5 nitrogen and oxygen atoms in total. The zero-order chi connectivity index (χ0) is 20.6. The van der Waals surface area contributed by atoms with E-state index in [1.54, 1.807) is 24.3 Å². The highest BCUT2D eigenvalue weighted by molar-refractivity contribution is 14.1. The van der Waals surface area contributed by atoms with Gasteiger partial charge in [0, 0.05) is 14.8 Å². The van der Waals surface area contributed by atoms with Crippen molar-refractivity contribution in [2.75, 3.05) is 10.2 Å². The van der Waals surface area contributed by atoms with Crippen LogP contribution in [0.4, 0.5) is 11.4 Å². The van der Waals surface area contributed by atoms with E-state index in [-0.39, 0.29) is 41.4 Å². The highest BCUT2D eigenvalue weighted by Crippen LogP contribution is 2.65. The van der Waals surface area contributed by atoms with E-state index in [1.807, 2.05) is 24.3 Å². The maximum absolute atomic E-state index is 13.3. The number of anilines is 2. The molecule has 0 spiro atoms. The lowest BCUT2D eigenvalue weighted by Gasteiger charge is -2.37. The van der Waals surface area contributed by atoms with Crippen LogP contribution in [-0.2, 0) is 9.59 Å². The molecule has 7 rings (SSSR count). The summed E-state index contributed by atoms with van der Waals surface area (Å²) in [4.78, 5) is 40.6. The molecule has 2 saturated carbocycles. The Kier molecular flexibility index (Phi) is 3.97. The van der Waals surface area contributed by atoms with Gasteiger partial charge in [-0.3, -0.25) is 14.4 Å². The van der Waals surface area contributed by atoms with Crippen LogP contribution in [0.25, 0.3) is 0 Å². The first-order valence-corrected chi connectivity index (χ1v) is 11.3. The Morgan fingerprint density at radius 3 is 2.20 bits per heavy atom. The van der Waals surface area contributed by atoms with Crippen LogP contribution in [0.15, 0.2) is 60.7 Å². The van der Waals surface area contributed by atoms with Crippen LogP contribution < -0.4 is 10.2 Å². The van der Waals surface area contributed by atoms with Crippen molar-refractivity contribution in [1.29, 1.82) is 0 Å². The van der Waals surface area contributed by atoms with Crippen LogP contribution in [0.2, 0.25) is 0 Å². The molecule has 2 bridgehead atoms. The molecule has 0 radical (unpaired) electrons. The zero-order valence-electron chi connectivity index (χ0n) is 16.0. The lowest BCUT2D eigenvalue weighted by atomic mass is 9.63. The third-order valence-corrected chi connectivity index (χ3v) is 7.85. The third-order valence-electron chi connectivity index (χ3n) is 7.13. The number of rotatable bonds is 3. The van der Waals surface area contributed by atoms with Gasteiger partial charge in [0.05, 0.1) is 17.5 Å². The Hall–Kier alpha value is -2.48. The molecule has 4 aliphatic carbocycles. The number of hydrogen-bond acceptors (Lipinski definition) is 3. The summed E-state index contributed by atoms with van der Waals surface area (Å²) in [6, 6.07) is 14.3. The lowest BCUT2D eigenvalue weighted by Crippen LogP contribution is -2.40. The number of hydrogen-bond donors (Lipinski definition) is 1. The van der Waals surface area contributed by atoms with Gasteiger partial charge in [0.25, 0.3) is 5.91 Å². The highest BCUT2D eigenvalue weighted by Gasteiger charge is 2.67. The molecule has 0 unspecified atom stereocenters. The van der Waals surface area contributed by atoms with Gasteiger partial charge in [-0.15, -0.1) is 0 Å². The number of nitrogens with zero attached hydrogens (tertiary/aromatic N) is 1. The number of benzene rings is 2. The summed E-state index contributed by atoms with van der Waals surface area (Å²) in [6.07, 6.45) is 5.48. The Labute approximate surface area is 187 Å². The van der Waals surface area contributed by atoms with Gasteiger partial charge in [0.1, 0.15) is 0 Å². The van der Waals surface area contributed by atoms with Crippen LogP contribution in [0.3, 0.4) is 0 Å². The third kappa shape index (κ3) is 2.62. The second kappa shape index (κ2) is 6.51. The summed E-state index contributed by atoms with van der Waals surface area (Å²) in [5.74, 6) is 0.582. The van der Waals surface area contributed by atoms with Crippen molar-refractivity contribution < 1.29 is 14.4 Å². The van der Waals surface area contributed by atoms with Crippen molar-refractivity contribution in [2.24, 2.45) is 35.5 Å². The smallest absolute Gasteiger partial charge is 0.255 e. The molecule has 5 aliphatic rings. The first-order chi connectivity index (χ1) is 14.5. The van der Waals surface area contributed by atoms with Crippen molar-refractivity contribution in [3.05, 3.63) is 69.8 Å². The number of amides is 3. The van der Waals surface area contributed by atoms with Crippen LogP contribution in [0.1, 0.15) is 16.8 Å². The number of carbonyl (C=O) groups is 3. The lowest BCUT2D eigenvalue weighted by molar-refractivity contribution is -0.124. The van der Waals surface area contributed by atoms with Gasteiger partial charge < -0.3 is 5.32 Å². The summed E-state index contributed by atoms with van der Waals surface area (Å²) in [6.45, 7) is 0. The van der Waals surface area contributed by atoms with Gasteiger partial charge in [0.2, 0.25) is 11.8 Å². The molecule has 6 heteroatoms. The minimum Gasteiger partial charge on any atom is -0.322 e. The Morgan fingerprint density at radius 2 is 1.57 bits per heavy atom. The summed E-state index contributed by atoms with van der Waals surface area (Å²) in [5, 5.41) is 2.87. The van der Waals surface area contributed by atoms with Crippen LogP contribution >= 0.6 is 22.6 Å². The molecule has 3 amide bonds. The van der Waals surface area contributed by atoms with Gasteiger partial charge in [-0.05, 0) is 95.1 Å². The average Bonchev–Trinajstić information content (AvgIpc) is 3.53. The molecular formula is C24H19IN2O3. The highest BCUT2D eigenvalue weighted by atomic mass is 127. The van der Waals surface area contributed by atoms with E-state index >= 15 is 0 Å². The molecule has 3 fully saturated rings. The fourth-order valence-electron chi connectivity index (χ4n) is 5.73. The Morgan fingerprint density at radius 1 is 0.933 bits per heavy atom. The monoisotopic (exact) mass is 510 g/mol. The van der Waals surface area contributed by atoms with Crippen molar-refractivity contribution >= 4 is 51.7 Å². The van der Waals surface area contributed by atoms with Gasteiger partial charge >= 0.3 is 0 Å². The first kappa shape index (κ1) is 18.3. The van der Waals surface area contributed by atoms with E-state index in [9.17, 15) is 14.4 Å². The minimum absolute atomic E-state index is 0.107. The van der Waals surface area contributed by atoms with Gasteiger partial charge in [-0.1, -0.05) is 18.2 Å². The van der Waals surface area contributed by atoms with Crippen molar-refractivity contribution in [3.63, 3.8) is 0 Å². The van der Waals surface area contributed by atoms with Crippen molar-refractivity contribution in [1.82, 2.24) is 0 Å². The number of allylic oxidation sites excluding steroid dienone is 2. The molecule has 150 valence electrons. The molecular weight excluding hydrogens is 491 g/mol. The van der Waals surface area contributed by atoms with Crippen LogP contribution in [0, 0.1) is 39.1 Å². The molecule has 2 aromatic rings. The van der Waals surface area contributed by atoms with E-state index in [1.165, 1.54) is 4.90 Å². The topological polar surface area (TPSA) is 66.5 Å². The molecule has 1 heterocycles. The normalized spacial score (nSPS) is 32.8. The van der Waals surface area contributed by atoms with Crippen LogP contribution in [-0.4, -0.2) is 17.7 Å². The second-order valence-electron chi connectivity index (χ2n) is 8.68. The van der Waals surface area contributed by atoms with Crippen molar-refractivity contribution in [2.45, 2.75) is 6.42 Å². The van der Waals surface area contributed by atoms with E-state index < -0.39 is 0 Å². The second-order valence-corrected chi connectivity index (χ2v) is 9.92. The van der Waals surface area contributed by atoms with Crippen LogP contribution in [0.5, 0.6) is 0 Å². The summed E-state index contributed by atoms with van der Waals surface area (Å²) >= 11 is 2.21. The number of nitrogens with one attached hydrogen (secondary N) is 1. The van der Waals surface area contributed by atoms with Gasteiger partial charge in [-0.2, -0.15) is 0 Å². The molecule has 6 atom stereocenters. The predicted molar refractivity (Wildman–Crippen MR) is 121 cm³/mol. The number of halogens is 1. The minimum atomic E-state index is -0.266. The average molecular weight is 510 g/mol. The number of carbonyl (C=O) groups excluding carboxylic acids is 3. The van der Waals surface area contributed by atoms with E-state index in [4.69, 9.17) is 0 Å². The predicted octanol–water partition coefficient (Wildman–Crippen LogP) is 4.10. The van der Waals surface area contributed by atoms with E-state index in [0.717, 1.165) is 9.99 Å². The SMILES string of the molecule is O=C(Nc1ccc(I)cc1)c1cccc(N2C(=O)[C@H]3[C@@H]4C=C[C@@H]([C@H]5C[C@H]45)[C@@H]3C2=O)c1. The quantitative estimate of drug-likeness (QED) is 0.384. The fraction of sp³-hybridized carbons (Fsp3) is 0.292. The molecule has 0 aromatic heterocycles. The molecule has 2 aromatic carbocycles. The van der Waals surface area contributed by atoms with Gasteiger partial charge in [0.15, 0.2) is 0 Å². The summed E-state index contributed by atoms with van der Waals surface area (Å²) in [7, 11) is 0. The van der Waals surface area contributed by atoms with E-state index in [0.29, 0.717) is 28.8 Å². The Balaban J connectivity index is 1.28. The number of imide groups is 1. The standard InChI is InChI=1S/C24H19IN2O3/c25-13-4-6-14(7-5-13)26-22(28)12-2-1-3-15(10-12)27-23(29)20-16-8-9-17(19-11-18(16)19)21(20)24(27)30/h1-10,16-21H,11H2,(H,26,28)/t16-,17+,18-,19-,20+,21+/m1/s1. The molecule has 1 aliphatic heterocycles. The molecule has 1 saturated heterocycles. The fourth-order valence-corrected chi connectivity index (χ4v) is 6.09. The van der Waals surface area contributed by atoms with Gasteiger partial charge in [-0.25, -0.2) is 4.90 Å². The maximum atomic E-state index is 13.3. The Bertz CT molecular complexity index is 1090. The zero-order valence-corrected chi connectivity index (χ0v) is 18.2. The molecule has 30 heavy (non-hydrogen) atoms. The summed E-state index contributed by atoms with van der Waals surface area (Å²) < 4.78 is 1.08. The maximum Gasteiger partial charge on any atom is 0.255 e. The largest absolute Gasteiger partial charge is 0.322 e.